The lowest BCUT2D eigenvalue weighted by molar-refractivity contribution is -0.125. The van der Waals surface area contributed by atoms with Crippen molar-refractivity contribution in [1.82, 2.24) is 4.90 Å². The van der Waals surface area contributed by atoms with Crippen LogP contribution in [-0.2, 0) is 9.53 Å². The molecule has 2 aromatic rings. The monoisotopic (exact) mass is 421 g/mol. The first-order valence-corrected chi connectivity index (χ1v) is 10.8. The highest BCUT2D eigenvalue weighted by atomic mass is 16.5. The Bertz CT molecular complexity index is 797. The molecule has 2 aromatic carbocycles. The number of hydrogen-bond donors (Lipinski definition) is 0. The Hall–Kier alpha value is -3.05. The molecule has 0 aromatic heterocycles. The molecule has 0 N–H and O–H groups in total. The number of amides is 1. The van der Waals surface area contributed by atoms with E-state index >= 15 is 0 Å². The van der Waals surface area contributed by atoms with Crippen molar-refractivity contribution in [2.24, 2.45) is 0 Å². The number of likely N-dealkylation sites (tertiary alicyclic amines) is 1. The fourth-order valence-electron chi connectivity index (χ4n) is 3.19. The minimum atomic E-state index is -1.07. The molecule has 1 saturated heterocycles. The van der Waals surface area contributed by atoms with Crippen LogP contribution in [0.15, 0.2) is 73.4 Å². The van der Waals surface area contributed by atoms with Crippen molar-refractivity contribution in [3.63, 3.8) is 0 Å². The van der Waals surface area contributed by atoms with Gasteiger partial charge in [0.25, 0.3) is 0 Å². The van der Waals surface area contributed by atoms with Crippen LogP contribution in [0, 0.1) is 0 Å². The quantitative estimate of drug-likeness (QED) is 0.305. The molecule has 1 aliphatic rings. The van der Waals surface area contributed by atoms with Crippen LogP contribution < -0.4 is 0 Å². The number of nitrogens with zero attached hydrogens (tertiary/aromatic N) is 1. The lowest BCUT2D eigenvalue weighted by Gasteiger charge is -2.16. The number of Topliss-reactive ketones (excluding diaryl/α,β-unsaturated/α-hetero) is 2. The highest BCUT2D eigenvalue weighted by Crippen LogP contribution is 2.14. The normalized spacial score (nSPS) is 13.0. The molecular weight excluding hydrogens is 390 g/mol. The van der Waals surface area contributed by atoms with E-state index in [9.17, 15) is 14.4 Å². The smallest absolute Gasteiger partial charge is 0.226 e. The summed E-state index contributed by atoms with van der Waals surface area (Å²) < 4.78 is 5.68. The standard InChI is InChI=1S/C20H22O3.C6H9NO/c1-2-3-10-15-23-20(18(21)16-11-6-4-7-12-16)19(22)17-13-8-5-9-14-17;1-2-7-5-3-4-6(7)8/h4-9,11-14,20H,2-3,10,15H2,1H3;2H,1,3-5H2. The molecular formula is C26H31NO4. The van der Waals surface area contributed by atoms with Crippen molar-refractivity contribution in [3.05, 3.63) is 84.6 Å². The SMILES string of the molecule is C=CN1CCCC1=O.CCCCCOC(C(=O)c1ccccc1)C(=O)c1ccccc1. The molecule has 0 aliphatic carbocycles. The average molecular weight is 422 g/mol. The molecule has 0 bridgehead atoms. The van der Waals surface area contributed by atoms with E-state index in [1.807, 2.05) is 12.1 Å². The Labute approximate surface area is 184 Å². The predicted octanol–water partition coefficient (Wildman–Crippen LogP) is 5.08. The van der Waals surface area contributed by atoms with Gasteiger partial charge in [-0.1, -0.05) is 87.0 Å². The third-order valence-corrected chi connectivity index (χ3v) is 4.96. The summed E-state index contributed by atoms with van der Waals surface area (Å²) in [6.07, 6.45) is 5.14. The molecule has 1 amide bonds. The van der Waals surface area contributed by atoms with E-state index in [4.69, 9.17) is 4.74 Å². The Kier molecular flexibility index (Phi) is 10.4. The van der Waals surface area contributed by atoms with Gasteiger partial charge in [0.1, 0.15) is 0 Å². The van der Waals surface area contributed by atoms with Crippen molar-refractivity contribution in [3.8, 4) is 0 Å². The Morgan fingerprint density at radius 1 is 1.00 bits per heavy atom. The summed E-state index contributed by atoms with van der Waals surface area (Å²) in [6, 6.07) is 17.7. The molecule has 0 unspecified atom stereocenters. The minimum absolute atomic E-state index is 0.208. The van der Waals surface area contributed by atoms with Crippen molar-refractivity contribution in [2.45, 2.75) is 45.1 Å². The first-order chi connectivity index (χ1) is 15.1. The zero-order valence-electron chi connectivity index (χ0n) is 18.2. The molecule has 0 radical (unpaired) electrons. The maximum atomic E-state index is 12.7. The first kappa shape index (κ1) is 24.2. The number of carbonyl (C=O) groups is 3. The van der Waals surface area contributed by atoms with Gasteiger partial charge in [-0.2, -0.15) is 0 Å². The Morgan fingerprint density at radius 3 is 1.94 bits per heavy atom. The Balaban J connectivity index is 0.000000357. The zero-order valence-corrected chi connectivity index (χ0v) is 18.2. The van der Waals surface area contributed by atoms with Crippen molar-refractivity contribution < 1.29 is 19.1 Å². The fraction of sp³-hybridized carbons (Fsp3) is 0.346. The van der Waals surface area contributed by atoms with E-state index < -0.39 is 6.10 Å². The topological polar surface area (TPSA) is 63.7 Å². The second-order valence-electron chi connectivity index (χ2n) is 7.29. The maximum absolute atomic E-state index is 12.7. The van der Waals surface area contributed by atoms with Gasteiger partial charge in [-0.05, 0) is 19.0 Å². The van der Waals surface area contributed by atoms with E-state index in [-0.39, 0.29) is 17.5 Å². The van der Waals surface area contributed by atoms with Gasteiger partial charge in [0.2, 0.25) is 5.91 Å². The third kappa shape index (κ3) is 7.61. The van der Waals surface area contributed by atoms with Crippen LogP contribution in [0.5, 0.6) is 0 Å². The Morgan fingerprint density at radius 2 is 1.55 bits per heavy atom. The van der Waals surface area contributed by atoms with E-state index in [1.54, 1.807) is 59.6 Å². The van der Waals surface area contributed by atoms with E-state index in [2.05, 4.69) is 13.5 Å². The summed E-state index contributed by atoms with van der Waals surface area (Å²) in [7, 11) is 0. The van der Waals surface area contributed by atoms with Crippen molar-refractivity contribution in [2.75, 3.05) is 13.2 Å². The van der Waals surface area contributed by atoms with Crippen LogP contribution in [0.25, 0.3) is 0 Å². The summed E-state index contributed by atoms with van der Waals surface area (Å²) in [6.45, 7) is 6.87. The number of hydrogen-bond acceptors (Lipinski definition) is 4. The molecule has 5 heteroatoms. The minimum Gasteiger partial charge on any atom is -0.362 e. The van der Waals surface area contributed by atoms with Crippen LogP contribution in [0.3, 0.4) is 0 Å². The molecule has 0 spiro atoms. The summed E-state index contributed by atoms with van der Waals surface area (Å²) in [5.74, 6) is -0.355. The molecule has 0 saturated carbocycles. The largest absolute Gasteiger partial charge is 0.362 e. The van der Waals surface area contributed by atoms with Gasteiger partial charge in [-0.3, -0.25) is 14.4 Å². The number of carbonyl (C=O) groups excluding carboxylic acids is 3. The van der Waals surface area contributed by atoms with Gasteiger partial charge >= 0.3 is 0 Å². The molecule has 1 aliphatic heterocycles. The van der Waals surface area contributed by atoms with Crippen molar-refractivity contribution in [1.29, 1.82) is 0 Å². The van der Waals surface area contributed by atoms with Crippen molar-refractivity contribution >= 4 is 17.5 Å². The lowest BCUT2D eigenvalue weighted by atomic mass is 9.98. The lowest BCUT2D eigenvalue weighted by Crippen LogP contribution is -2.33. The van der Waals surface area contributed by atoms with Crippen LogP contribution in [0.1, 0.15) is 59.7 Å². The molecule has 5 nitrogen and oxygen atoms in total. The number of benzene rings is 2. The molecule has 3 rings (SSSR count). The van der Waals surface area contributed by atoms with E-state index in [0.29, 0.717) is 24.2 Å². The van der Waals surface area contributed by atoms with Crippen LogP contribution >= 0.6 is 0 Å². The van der Waals surface area contributed by atoms with Gasteiger partial charge in [0, 0.05) is 30.7 Å². The van der Waals surface area contributed by atoms with Crippen LogP contribution in [-0.4, -0.2) is 41.6 Å². The second kappa shape index (κ2) is 13.3. The predicted molar refractivity (Wildman–Crippen MR) is 122 cm³/mol. The van der Waals surface area contributed by atoms with Gasteiger partial charge < -0.3 is 9.64 Å². The average Bonchev–Trinajstić information content (AvgIpc) is 3.25. The first-order valence-electron chi connectivity index (χ1n) is 10.8. The number of unbranched alkanes of at least 4 members (excludes halogenated alkanes) is 2. The van der Waals surface area contributed by atoms with Crippen LogP contribution in [0.2, 0.25) is 0 Å². The molecule has 0 atom stereocenters. The molecule has 1 fully saturated rings. The number of ether oxygens (including phenoxy) is 1. The highest BCUT2D eigenvalue weighted by Gasteiger charge is 2.29. The summed E-state index contributed by atoms with van der Waals surface area (Å²) in [5, 5.41) is 0. The zero-order chi connectivity index (χ0) is 22.5. The van der Waals surface area contributed by atoms with Crippen LogP contribution in [0.4, 0.5) is 0 Å². The van der Waals surface area contributed by atoms with E-state index in [0.717, 1.165) is 32.2 Å². The second-order valence-corrected chi connectivity index (χ2v) is 7.29. The third-order valence-electron chi connectivity index (χ3n) is 4.96. The number of rotatable bonds is 10. The highest BCUT2D eigenvalue weighted by molar-refractivity contribution is 6.18. The summed E-state index contributed by atoms with van der Waals surface area (Å²) in [4.78, 5) is 37.7. The van der Waals surface area contributed by atoms with Gasteiger partial charge in [-0.25, -0.2) is 0 Å². The molecule has 31 heavy (non-hydrogen) atoms. The summed E-state index contributed by atoms with van der Waals surface area (Å²) in [5.41, 5.74) is 0.995. The summed E-state index contributed by atoms with van der Waals surface area (Å²) >= 11 is 0. The van der Waals surface area contributed by atoms with E-state index in [1.165, 1.54) is 0 Å². The number of ketones is 2. The maximum Gasteiger partial charge on any atom is 0.226 e. The van der Waals surface area contributed by atoms with Gasteiger partial charge in [-0.15, -0.1) is 0 Å². The fourth-order valence-corrected chi connectivity index (χ4v) is 3.19. The van der Waals surface area contributed by atoms with Gasteiger partial charge in [0.05, 0.1) is 0 Å². The van der Waals surface area contributed by atoms with Gasteiger partial charge in [0.15, 0.2) is 17.7 Å². The molecule has 1 heterocycles. The molecule has 164 valence electrons.